The molecule has 1 fully saturated rings. The van der Waals surface area contributed by atoms with Crippen LogP contribution in [0, 0.1) is 0 Å². The van der Waals surface area contributed by atoms with Crippen LogP contribution in [0.1, 0.15) is 24.9 Å². The van der Waals surface area contributed by atoms with Gasteiger partial charge in [-0.15, -0.1) is 11.8 Å². The Labute approximate surface area is 82.9 Å². The lowest BCUT2D eigenvalue weighted by atomic mass is 10.1. The second kappa shape index (κ2) is 3.03. The van der Waals surface area contributed by atoms with Gasteiger partial charge in [-0.2, -0.15) is 0 Å². The largest absolute Gasteiger partial charge is 0.336 e. The van der Waals surface area contributed by atoms with Crippen molar-refractivity contribution in [2.75, 3.05) is 5.75 Å². The molecule has 0 radical (unpaired) electrons. The van der Waals surface area contributed by atoms with Gasteiger partial charge < -0.3 is 4.57 Å². The first-order valence-corrected chi connectivity index (χ1v) is 5.49. The molecule has 1 aliphatic rings. The highest BCUT2D eigenvalue weighted by Gasteiger charge is 2.32. The SMILES string of the molecule is Cn1cncc1C1NC(C)(C)CS1. The Kier molecular flexibility index (Phi) is 2.12. The number of nitrogens with zero attached hydrogens (tertiary/aromatic N) is 2. The summed E-state index contributed by atoms with van der Waals surface area (Å²) >= 11 is 1.95. The topological polar surface area (TPSA) is 29.9 Å². The first-order chi connectivity index (χ1) is 6.08. The third-order valence-electron chi connectivity index (χ3n) is 2.26. The normalized spacial score (nSPS) is 26.5. The van der Waals surface area contributed by atoms with Crippen molar-refractivity contribution in [1.82, 2.24) is 14.9 Å². The van der Waals surface area contributed by atoms with Gasteiger partial charge in [-0.05, 0) is 13.8 Å². The van der Waals surface area contributed by atoms with Crippen molar-refractivity contribution in [3.05, 3.63) is 18.2 Å². The Balaban J connectivity index is 2.17. The number of nitrogens with one attached hydrogen (secondary N) is 1. The standard InChI is InChI=1S/C9H15N3S/c1-9(2)5-13-8(11-9)7-4-10-6-12(7)3/h4,6,8,11H,5H2,1-3H3. The molecule has 1 aliphatic heterocycles. The first kappa shape index (κ1) is 9.09. The molecule has 72 valence electrons. The van der Waals surface area contributed by atoms with E-state index >= 15 is 0 Å². The van der Waals surface area contributed by atoms with Crippen molar-refractivity contribution < 1.29 is 0 Å². The van der Waals surface area contributed by atoms with Crippen LogP contribution in [-0.4, -0.2) is 20.8 Å². The van der Waals surface area contributed by atoms with Crippen LogP contribution >= 0.6 is 11.8 Å². The monoisotopic (exact) mass is 197 g/mol. The minimum absolute atomic E-state index is 0.250. The van der Waals surface area contributed by atoms with Gasteiger partial charge in [0, 0.05) is 18.3 Å². The quantitative estimate of drug-likeness (QED) is 0.740. The second-order valence-corrected chi connectivity index (χ2v) is 5.24. The van der Waals surface area contributed by atoms with Gasteiger partial charge in [0.2, 0.25) is 0 Å². The average molecular weight is 197 g/mol. The molecule has 1 aromatic heterocycles. The van der Waals surface area contributed by atoms with Crippen LogP contribution in [0.4, 0.5) is 0 Å². The maximum Gasteiger partial charge on any atom is 0.0962 e. The summed E-state index contributed by atoms with van der Waals surface area (Å²) in [6.45, 7) is 4.47. The lowest BCUT2D eigenvalue weighted by Crippen LogP contribution is -2.36. The molecule has 0 saturated carbocycles. The van der Waals surface area contributed by atoms with E-state index in [0.29, 0.717) is 5.37 Å². The fourth-order valence-electron chi connectivity index (χ4n) is 1.51. The Bertz CT molecular complexity index is 306. The first-order valence-electron chi connectivity index (χ1n) is 4.44. The van der Waals surface area contributed by atoms with E-state index in [4.69, 9.17) is 0 Å². The predicted octanol–water partition coefficient (Wildman–Crippen LogP) is 1.53. The van der Waals surface area contributed by atoms with Crippen LogP contribution in [0.3, 0.4) is 0 Å². The maximum absolute atomic E-state index is 4.12. The number of hydrogen-bond acceptors (Lipinski definition) is 3. The Hall–Kier alpha value is -0.480. The molecule has 13 heavy (non-hydrogen) atoms. The summed E-state index contributed by atoms with van der Waals surface area (Å²) in [6, 6.07) is 0. The van der Waals surface area contributed by atoms with E-state index in [2.05, 4.69) is 28.7 Å². The zero-order valence-corrected chi connectivity index (χ0v) is 9.06. The Morgan fingerprint density at radius 3 is 2.92 bits per heavy atom. The molecule has 2 rings (SSSR count). The Morgan fingerprint density at radius 2 is 2.46 bits per heavy atom. The Morgan fingerprint density at radius 1 is 1.69 bits per heavy atom. The smallest absolute Gasteiger partial charge is 0.0962 e. The summed E-state index contributed by atoms with van der Waals surface area (Å²) in [7, 11) is 2.04. The molecule has 4 heteroatoms. The third-order valence-corrected chi connectivity index (χ3v) is 3.84. The van der Waals surface area contributed by atoms with Crippen molar-refractivity contribution >= 4 is 11.8 Å². The molecule has 1 atom stereocenters. The highest BCUT2D eigenvalue weighted by atomic mass is 32.2. The molecular formula is C9H15N3S. The van der Waals surface area contributed by atoms with Crippen LogP contribution in [0.25, 0.3) is 0 Å². The molecule has 3 nitrogen and oxygen atoms in total. The van der Waals surface area contributed by atoms with E-state index in [1.807, 2.05) is 31.3 Å². The van der Waals surface area contributed by atoms with E-state index in [0.717, 1.165) is 5.75 Å². The fourth-order valence-corrected chi connectivity index (χ4v) is 2.98. The summed E-state index contributed by atoms with van der Waals surface area (Å²) in [5.41, 5.74) is 1.51. The van der Waals surface area contributed by atoms with Gasteiger partial charge in [0.05, 0.1) is 23.6 Å². The number of rotatable bonds is 1. The molecule has 1 unspecified atom stereocenters. The van der Waals surface area contributed by atoms with Crippen LogP contribution in [0.2, 0.25) is 0 Å². The molecule has 0 spiro atoms. The van der Waals surface area contributed by atoms with Crippen molar-refractivity contribution in [1.29, 1.82) is 0 Å². The highest BCUT2D eigenvalue weighted by molar-refractivity contribution is 7.99. The number of aryl methyl sites for hydroxylation is 1. The number of imidazole rings is 1. The molecular weight excluding hydrogens is 182 g/mol. The zero-order valence-electron chi connectivity index (χ0n) is 8.24. The van der Waals surface area contributed by atoms with Gasteiger partial charge in [0.25, 0.3) is 0 Å². The van der Waals surface area contributed by atoms with Gasteiger partial charge in [-0.3, -0.25) is 5.32 Å². The minimum atomic E-state index is 0.250. The van der Waals surface area contributed by atoms with Crippen LogP contribution < -0.4 is 5.32 Å². The molecule has 0 aromatic carbocycles. The van der Waals surface area contributed by atoms with E-state index in [9.17, 15) is 0 Å². The fraction of sp³-hybridized carbons (Fsp3) is 0.667. The van der Waals surface area contributed by atoms with Crippen molar-refractivity contribution in [2.45, 2.75) is 24.8 Å². The number of thioether (sulfide) groups is 1. The van der Waals surface area contributed by atoms with Gasteiger partial charge in [0.15, 0.2) is 0 Å². The molecule has 0 bridgehead atoms. The van der Waals surface area contributed by atoms with Crippen LogP contribution in [-0.2, 0) is 7.05 Å². The number of aromatic nitrogens is 2. The minimum Gasteiger partial charge on any atom is -0.336 e. The van der Waals surface area contributed by atoms with E-state index in [1.165, 1.54) is 5.69 Å². The maximum atomic E-state index is 4.12. The van der Waals surface area contributed by atoms with Gasteiger partial charge in [-0.1, -0.05) is 0 Å². The third kappa shape index (κ3) is 1.74. The zero-order chi connectivity index (χ0) is 9.47. The van der Waals surface area contributed by atoms with Crippen molar-refractivity contribution in [3.63, 3.8) is 0 Å². The van der Waals surface area contributed by atoms with E-state index in [-0.39, 0.29) is 5.54 Å². The van der Waals surface area contributed by atoms with Crippen LogP contribution in [0.15, 0.2) is 12.5 Å². The van der Waals surface area contributed by atoms with E-state index < -0.39 is 0 Å². The molecule has 1 saturated heterocycles. The highest BCUT2D eigenvalue weighted by Crippen LogP contribution is 2.36. The van der Waals surface area contributed by atoms with Gasteiger partial charge >= 0.3 is 0 Å². The second-order valence-electron chi connectivity index (χ2n) is 4.15. The summed E-state index contributed by atoms with van der Waals surface area (Å²) in [5.74, 6) is 1.16. The van der Waals surface area contributed by atoms with E-state index in [1.54, 1.807) is 0 Å². The molecule has 2 heterocycles. The summed E-state index contributed by atoms with van der Waals surface area (Å²) in [6.07, 6.45) is 3.79. The summed E-state index contributed by atoms with van der Waals surface area (Å²) < 4.78 is 2.08. The predicted molar refractivity (Wildman–Crippen MR) is 55.6 cm³/mol. The molecule has 0 aliphatic carbocycles. The average Bonchev–Trinajstić information content (AvgIpc) is 2.56. The summed E-state index contributed by atoms with van der Waals surface area (Å²) in [4.78, 5) is 4.12. The lowest BCUT2D eigenvalue weighted by molar-refractivity contribution is 0.445. The molecule has 1 N–H and O–H groups in total. The summed E-state index contributed by atoms with van der Waals surface area (Å²) in [5, 5.41) is 3.98. The van der Waals surface area contributed by atoms with Gasteiger partial charge in [0.1, 0.15) is 0 Å². The van der Waals surface area contributed by atoms with Crippen LogP contribution in [0.5, 0.6) is 0 Å². The molecule has 0 amide bonds. The number of hydrogen-bond donors (Lipinski definition) is 1. The van der Waals surface area contributed by atoms with Crippen molar-refractivity contribution in [2.24, 2.45) is 7.05 Å². The van der Waals surface area contributed by atoms with Gasteiger partial charge in [-0.25, -0.2) is 4.98 Å². The molecule has 1 aromatic rings. The lowest BCUT2D eigenvalue weighted by Gasteiger charge is -2.18. The van der Waals surface area contributed by atoms with Crippen molar-refractivity contribution in [3.8, 4) is 0 Å².